The van der Waals surface area contributed by atoms with E-state index in [4.69, 9.17) is 10.5 Å². The number of carbonyl (C=O) groups is 2. The van der Waals surface area contributed by atoms with E-state index in [-0.39, 0.29) is 50.7 Å². The average molecular weight is 328 g/mol. The summed E-state index contributed by atoms with van der Waals surface area (Å²) < 4.78 is 13.0. The summed E-state index contributed by atoms with van der Waals surface area (Å²) in [5, 5.41) is 17.4. The highest BCUT2D eigenvalue weighted by Gasteiger charge is 2.37. The van der Waals surface area contributed by atoms with Gasteiger partial charge in [0.05, 0.1) is 30.9 Å². The van der Waals surface area contributed by atoms with Crippen LogP contribution in [0, 0.1) is 34.4 Å². The molecule has 1 atom stereocenters. The minimum atomic E-state index is -0.514. The van der Waals surface area contributed by atoms with Gasteiger partial charge in [0.1, 0.15) is 5.82 Å². The summed E-state index contributed by atoms with van der Waals surface area (Å²) in [6.45, 7) is 0.718. The summed E-state index contributed by atoms with van der Waals surface area (Å²) in [7, 11) is 0. The first kappa shape index (κ1) is 17.4. The van der Waals surface area contributed by atoms with Crippen LogP contribution in [0.15, 0.2) is 24.3 Å². The van der Waals surface area contributed by atoms with Crippen LogP contribution in [0.1, 0.15) is 19.3 Å². The monoisotopic (exact) mass is 328 g/mol. The zero-order chi connectivity index (χ0) is 17.5. The van der Waals surface area contributed by atoms with Gasteiger partial charge in [-0.2, -0.15) is 10.5 Å². The first-order valence-corrected chi connectivity index (χ1v) is 7.65. The largest absolute Gasteiger partial charge is 0.340 e. The molecule has 1 aliphatic rings. The topological polar surface area (TPSA) is 88.2 Å². The SMILES string of the molecule is N#CCCN(CCC#N)C(=O)[C@H]1CC(=O)N(c2ccc(F)cc2)C1. The quantitative estimate of drug-likeness (QED) is 0.797. The molecule has 7 heteroatoms. The van der Waals surface area contributed by atoms with E-state index in [0.717, 1.165) is 0 Å². The van der Waals surface area contributed by atoms with E-state index in [2.05, 4.69) is 0 Å². The second kappa shape index (κ2) is 8.07. The van der Waals surface area contributed by atoms with Gasteiger partial charge in [0.25, 0.3) is 0 Å². The number of benzene rings is 1. The Morgan fingerprint density at radius 3 is 2.33 bits per heavy atom. The fraction of sp³-hybridized carbons (Fsp3) is 0.412. The van der Waals surface area contributed by atoms with Crippen LogP contribution in [0.3, 0.4) is 0 Å². The maximum absolute atomic E-state index is 13.0. The molecule has 0 saturated carbocycles. The summed E-state index contributed by atoms with van der Waals surface area (Å²) in [6, 6.07) is 9.50. The molecule has 2 rings (SSSR count). The van der Waals surface area contributed by atoms with E-state index < -0.39 is 11.7 Å². The number of rotatable bonds is 6. The Labute approximate surface area is 139 Å². The van der Waals surface area contributed by atoms with Crippen LogP contribution in [0.5, 0.6) is 0 Å². The molecule has 0 radical (unpaired) electrons. The molecule has 1 heterocycles. The van der Waals surface area contributed by atoms with Crippen LogP contribution in [-0.4, -0.2) is 36.3 Å². The van der Waals surface area contributed by atoms with Crippen molar-refractivity contribution in [1.29, 1.82) is 10.5 Å². The predicted octanol–water partition coefficient (Wildman–Crippen LogP) is 1.83. The van der Waals surface area contributed by atoms with Gasteiger partial charge in [-0.1, -0.05) is 0 Å². The minimum absolute atomic E-state index is 0.0752. The molecule has 124 valence electrons. The van der Waals surface area contributed by atoms with Crippen molar-refractivity contribution in [2.45, 2.75) is 19.3 Å². The number of nitrogens with zero attached hydrogens (tertiary/aromatic N) is 4. The summed E-state index contributed by atoms with van der Waals surface area (Å²) in [5.74, 6) is -1.32. The number of halogens is 1. The van der Waals surface area contributed by atoms with Gasteiger partial charge in [-0.15, -0.1) is 0 Å². The number of anilines is 1. The fourth-order valence-corrected chi connectivity index (χ4v) is 2.70. The Hall–Kier alpha value is -2.93. The van der Waals surface area contributed by atoms with E-state index in [1.54, 1.807) is 0 Å². The molecule has 1 aromatic rings. The van der Waals surface area contributed by atoms with Gasteiger partial charge in [0, 0.05) is 31.7 Å². The van der Waals surface area contributed by atoms with Gasteiger partial charge in [0.15, 0.2) is 0 Å². The lowest BCUT2D eigenvalue weighted by molar-refractivity contribution is -0.135. The molecule has 6 nitrogen and oxygen atoms in total. The average Bonchev–Trinajstić information content (AvgIpc) is 2.97. The van der Waals surface area contributed by atoms with Crippen LogP contribution in [0.25, 0.3) is 0 Å². The number of hydrogen-bond donors (Lipinski definition) is 0. The first-order chi connectivity index (χ1) is 11.6. The molecule has 0 N–H and O–H groups in total. The minimum Gasteiger partial charge on any atom is -0.340 e. The third kappa shape index (κ3) is 4.08. The van der Waals surface area contributed by atoms with Crippen LogP contribution in [-0.2, 0) is 9.59 Å². The van der Waals surface area contributed by atoms with Crippen molar-refractivity contribution >= 4 is 17.5 Å². The van der Waals surface area contributed by atoms with Crippen molar-refractivity contribution in [2.24, 2.45) is 5.92 Å². The normalized spacial score (nSPS) is 16.5. The highest BCUT2D eigenvalue weighted by molar-refractivity contribution is 6.00. The summed E-state index contributed by atoms with van der Waals surface area (Å²) in [6.07, 6.45) is 0.435. The van der Waals surface area contributed by atoms with E-state index in [0.29, 0.717) is 5.69 Å². The third-order valence-electron chi connectivity index (χ3n) is 3.91. The molecule has 1 saturated heterocycles. The van der Waals surface area contributed by atoms with E-state index in [9.17, 15) is 14.0 Å². The molecule has 1 aromatic carbocycles. The van der Waals surface area contributed by atoms with Gasteiger partial charge in [0.2, 0.25) is 11.8 Å². The van der Waals surface area contributed by atoms with Crippen LogP contribution >= 0.6 is 0 Å². The summed E-state index contributed by atoms with van der Waals surface area (Å²) in [4.78, 5) is 27.7. The first-order valence-electron chi connectivity index (χ1n) is 7.65. The van der Waals surface area contributed by atoms with Gasteiger partial charge < -0.3 is 9.80 Å². The van der Waals surface area contributed by atoms with E-state index in [1.165, 1.54) is 34.1 Å². The lowest BCUT2D eigenvalue weighted by atomic mass is 10.1. The molecule has 24 heavy (non-hydrogen) atoms. The lowest BCUT2D eigenvalue weighted by Gasteiger charge is -2.24. The Balaban J connectivity index is 2.07. The molecule has 0 unspecified atom stereocenters. The van der Waals surface area contributed by atoms with E-state index in [1.807, 2.05) is 12.1 Å². The number of carbonyl (C=O) groups excluding carboxylic acids is 2. The van der Waals surface area contributed by atoms with Crippen LogP contribution in [0.4, 0.5) is 10.1 Å². The van der Waals surface area contributed by atoms with Crippen LogP contribution < -0.4 is 4.90 Å². The van der Waals surface area contributed by atoms with Crippen molar-refractivity contribution in [3.05, 3.63) is 30.1 Å². The van der Waals surface area contributed by atoms with E-state index >= 15 is 0 Å². The van der Waals surface area contributed by atoms with Gasteiger partial charge in [-0.25, -0.2) is 4.39 Å². The Morgan fingerprint density at radius 2 is 1.79 bits per heavy atom. The summed E-state index contributed by atoms with van der Waals surface area (Å²) >= 11 is 0. The molecular weight excluding hydrogens is 311 g/mol. The highest BCUT2D eigenvalue weighted by atomic mass is 19.1. The Kier molecular flexibility index (Phi) is 5.86. The smallest absolute Gasteiger partial charge is 0.228 e. The van der Waals surface area contributed by atoms with Crippen molar-refractivity contribution in [3.8, 4) is 12.1 Å². The van der Waals surface area contributed by atoms with Gasteiger partial charge >= 0.3 is 0 Å². The molecule has 0 spiro atoms. The molecular formula is C17H17FN4O2. The Bertz CT molecular complexity index is 672. The molecule has 0 aliphatic carbocycles. The zero-order valence-corrected chi connectivity index (χ0v) is 13.1. The standard InChI is InChI=1S/C17H17FN4O2/c18-14-3-5-15(6-4-14)22-12-13(11-16(22)23)17(24)21(9-1-7-19)10-2-8-20/h3-6,13H,1-2,9-12H2/t13-/m0/s1. The number of hydrogen-bond acceptors (Lipinski definition) is 4. The Morgan fingerprint density at radius 1 is 1.21 bits per heavy atom. The molecule has 1 aliphatic heterocycles. The van der Waals surface area contributed by atoms with Crippen molar-refractivity contribution in [2.75, 3.05) is 24.5 Å². The molecule has 1 fully saturated rings. The zero-order valence-electron chi connectivity index (χ0n) is 13.1. The van der Waals surface area contributed by atoms with Gasteiger partial charge in [-0.3, -0.25) is 9.59 Å². The van der Waals surface area contributed by atoms with Gasteiger partial charge in [-0.05, 0) is 24.3 Å². The van der Waals surface area contributed by atoms with Crippen molar-refractivity contribution in [1.82, 2.24) is 4.90 Å². The second-order valence-corrected chi connectivity index (χ2v) is 5.52. The maximum Gasteiger partial charge on any atom is 0.228 e. The van der Waals surface area contributed by atoms with Crippen molar-refractivity contribution < 1.29 is 14.0 Å². The predicted molar refractivity (Wildman–Crippen MR) is 83.9 cm³/mol. The lowest BCUT2D eigenvalue weighted by Crippen LogP contribution is -2.38. The molecule has 2 amide bonds. The maximum atomic E-state index is 13.0. The highest BCUT2D eigenvalue weighted by Crippen LogP contribution is 2.26. The fourth-order valence-electron chi connectivity index (χ4n) is 2.70. The van der Waals surface area contributed by atoms with Crippen LogP contribution in [0.2, 0.25) is 0 Å². The molecule has 0 bridgehead atoms. The number of amides is 2. The van der Waals surface area contributed by atoms with Crippen molar-refractivity contribution in [3.63, 3.8) is 0 Å². The third-order valence-corrected chi connectivity index (χ3v) is 3.91. The number of nitriles is 2. The summed E-state index contributed by atoms with van der Waals surface area (Å²) in [5.41, 5.74) is 0.553. The second-order valence-electron chi connectivity index (χ2n) is 5.52. The molecule has 0 aromatic heterocycles.